The lowest BCUT2D eigenvalue weighted by Crippen LogP contribution is -2.29. The molecule has 1 heterocycles. The molecule has 2 rings (SSSR count). The summed E-state index contributed by atoms with van der Waals surface area (Å²) in [5, 5.41) is 0. The summed E-state index contributed by atoms with van der Waals surface area (Å²) in [6.45, 7) is 15.0. The molecule has 0 amide bonds. The fraction of sp³-hybridized carbons (Fsp3) is 0.700. The van der Waals surface area contributed by atoms with Gasteiger partial charge in [-0.1, -0.05) is 41.0 Å². The van der Waals surface area contributed by atoms with Crippen LogP contribution in [-0.2, 0) is 0 Å². The maximum atomic E-state index is 5.68. The van der Waals surface area contributed by atoms with Gasteiger partial charge in [0.2, 0.25) is 0 Å². The van der Waals surface area contributed by atoms with Gasteiger partial charge in [-0.2, -0.15) is 0 Å². The van der Waals surface area contributed by atoms with Crippen molar-refractivity contribution in [3.8, 4) is 11.5 Å². The summed E-state index contributed by atoms with van der Waals surface area (Å²) in [6, 6.07) is 6.21. The van der Waals surface area contributed by atoms with Crippen molar-refractivity contribution in [1.82, 2.24) is 4.31 Å². The molecule has 0 radical (unpaired) electrons. The van der Waals surface area contributed by atoms with Gasteiger partial charge in [-0.3, -0.25) is 0 Å². The minimum atomic E-state index is 0.298. The van der Waals surface area contributed by atoms with Gasteiger partial charge in [0.1, 0.15) is 13.2 Å². The fourth-order valence-corrected chi connectivity index (χ4v) is 3.87. The molecule has 0 atom stereocenters. The van der Waals surface area contributed by atoms with Crippen LogP contribution in [0.15, 0.2) is 23.1 Å². The molecule has 4 nitrogen and oxygen atoms in total. The highest BCUT2D eigenvalue weighted by Crippen LogP contribution is 2.36. The van der Waals surface area contributed by atoms with E-state index in [1.165, 1.54) is 17.7 Å². The van der Waals surface area contributed by atoms with Crippen LogP contribution >= 0.6 is 11.9 Å². The van der Waals surface area contributed by atoms with Crippen LogP contribution in [0.1, 0.15) is 53.9 Å². The first-order valence-corrected chi connectivity index (χ1v) is 10.3. The number of hydrogen-bond donors (Lipinski definition) is 1. The zero-order chi connectivity index (χ0) is 18.7. The number of hydrogen-bond acceptors (Lipinski definition) is 5. The van der Waals surface area contributed by atoms with E-state index in [-0.39, 0.29) is 0 Å². The quantitative estimate of drug-likeness (QED) is 0.493. The van der Waals surface area contributed by atoms with E-state index in [0.29, 0.717) is 18.6 Å². The molecule has 5 heteroatoms. The third-order valence-electron chi connectivity index (χ3n) is 4.01. The Morgan fingerprint density at radius 2 is 1.80 bits per heavy atom. The van der Waals surface area contributed by atoms with Crippen LogP contribution in [0.4, 0.5) is 0 Å². The Balaban J connectivity index is 0.00000151. The first kappa shape index (κ1) is 22.1. The Morgan fingerprint density at radius 1 is 1.12 bits per heavy atom. The van der Waals surface area contributed by atoms with Crippen molar-refractivity contribution >= 4 is 11.9 Å². The number of rotatable bonds is 9. The van der Waals surface area contributed by atoms with Crippen molar-refractivity contribution in [3.63, 3.8) is 0 Å². The number of benzene rings is 1. The molecule has 1 aromatic rings. The molecule has 2 N–H and O–H groups in total. The average Bonchev–Trinajstić information content (AvgIpc) is 2.62. The maximum absolute atomic E-state index is 5.68. The molecule has 1 aliphatic heterocycles. The molecule has 0 bridgehead atoms. The summed E-state index contributed by atoms with van der Waals surface area (Å²) in [7, 11) is 0. The molecule has 1 aromatic carbocycles. The molecule has 0 saturated heterocycles. The summed E-state index contributed by atoms with van der Waals surface area (Å²) in [4.78, 5) is 1.20. The standard InChI is InChI=1S/C18H30N2O2S.C2H6/c1-4-20(14-18(2,3)9-5-6-10-19)23-15-7-8-16-17(13-15)22-12-11-21-16;1-2/h7-8,13H,4-6,9-12,14,19H2,1-3H3;1-2H3. The van der Waals surface area contributed by atoms with Crippen molar-refractivity contribution < 1.29 is 9.47 Å². The lowest BCUT2D eigenvalue weighted by molar-refractivity contribution is 0.171. The molecule has 0 unspecified atom stereocenters. The highest BCUT2D eigenvalue weighted by Gasteiger charge is 2.22. The highest BCUT2D eigenvalue weighted by atomic mass is 32.2. The van der Waals surface area contributed by atoms with Crippen LogP contribution < -0.4 is 15.2 Å². The van der Waals surface area contributed by atoms with Crippen molar-refractivity contribution in [2.24, 2.45) is 11.1 Å². The third-order valence-corrected chi connectivity index (χ3v) is 5.12. The Bertz CT molecular complexity index is 495. The van der Waals surface area contributed by atoms with Gasteiger partial charge < -0.3 is 15.2 Å². The van der Waals surface area contributed by atoms with Crippen LogP contribution in [0.25, 0.3) is 0 Å². The van der Waals surface area contributed by atoms with E-state index in [4.69, 9.17) is 15.2 Å². The van der Waals surface area contributed by atoms with E-state index in [9.17, 15) is 0 Å². The topological polar surface area (TPSA) is 47.7 Å². The van der Waals surface area contributed by atoms with Crippen LogP contribution in [0.5, 0.6) is 11.5 Å². The predicted molar refractivity (Wildman–Crippen MR) is 109 cm³/mol. The van der Waals surface area contributed by atoms with E-state index in [2.05, 4.69) is 37.2 Å². The van der Waals surface area contributed by atoms with Gasteiger partial charge in [-0.15, -0.1) is 0 Å². The van der Waals surface area contributed by atoms with E-state index in [1.807, 2.05) is 19.9 Å². The fourth-order valence-electron chi connectivity index (χ4n) is 2.74. The van der Waals surface area contributed by atoms with E-state index in [1.54, 1.807) is 11.9 Å². The Hall–Kier alpha value is -0.910. The van der Waals surface area contributed by atoms with Crippen molar-refractivity contribution in [2.75, 3.05) is 32.8 Å². The average molecular weight is 369 g/mol. The summed E-state index contributed by atoms with van der Waals surface area (Å²) in [5.74, 6) is 1.71. The number of nitrogens with two attached hydrogens (primary N) is 1. The minimum Gasteiger partial charge on any atom is -0.486 e. The Labute approximate surface area is 158 Å². The van der Waals surface area contributed by atoms with Gasteiger partial charge in [-0.05, 0) is 54.9 Å². The minimum absolute atomic E-state index is 0.298. The molecule has 25 heavy (non-hydrogen) atoms. The van der Waals surface area contributed by atoms with Gasteiger partial charge in [0.15, 0.2) is 11.5 Å². The summed E-state index contributed by atoms with van der Waals surface area (Å²) < 4.78 is 13.7. The number of ether oxygens (including phenoxy) is 2. The molecule has 0 saturated carbocycles. The lowest BCUT2D eigenvalue weighted by Gasteiger charge is -2.31. The predicted octanol–water partition coefficient (Wildman–Crippen LogP) is 4.97. The van der Waals surface area contributed by atoms with Gasteiger partial charge in [0, 0.05) is 18.0 Å². The van der Waals surface area contributed by atoms with E-state index in [0.717, 1.165) is 37.6 Å². The van der Waals surface area contributed by atoms with Crippen LogP contribution in [0.2, 0.25) is 0 Å². The molecular weight excluding hydrogens is 332 g/mol. The van der Waals surface area contributed by atoms with E-state index >= 15 is 0 Å². The van der Waals surface area contributed by atoms with Crippen LogP contribution in [-0.4, -0.2) is 37.2 Å². The third kappa shape index (κ3) is 7.89. The monoisotopic (exact) mass is 368 g/mol. The number of fused-ring (bicyclic) bond motifs is 1. The summed E-state index contributed by atoms with van der Waals surface area (Å²) in [6.07, 6.45) is 3.53. The second-order valence-electron chi connectivity index (χ2n) is 6.76. The van der Waals surface area contributed by atoms with Crippen molar-refractivity contribution in [1.29, 1.82) is 0 Å². The number of nitrogens with zero attached hydrogens (tertiary/aromatic N) is 1. The van der Waals surface area contributed by atoms with Crippen LogP contribution in [0.3, 0.4) is 0 Å². The summed E-state index contributed by atoms with van der Waals surface area (Å²) in [5.41, 5.74) is 5.90. The molecule has 0 aromatic heterocycles. The first-order valence-electron chi connectivity index (χ1n) is 9.57. The Morgan fingerprint density at radius 3 is 2.44 bits per heavy atom. The van der Waals surface area contributed by atoms with E-state index < -0.39 is 0 Å². The van der Waals surface area contributed by atoms with Crippen molar-refractivity contribution in [2.45, 2.75) is 58.8 Å². The molecule has 1 aliphatic rings. The number of unbranched alkanes of at least 4 members (excludes halogenated alkanes) is 1. The normalized spacial score (nSPS) is 13.4. The van der Waals surface area contributed by atoms with Crippen LogP contribution in [0, 0.1) is 5.41 Å². The molecule has 0 spiro atoms. The van der Waals surface area contributed by atoms with Crippen molar-refractivity contribution in [3.05, 3.63) is 18.2 Å². The molecule has 144 valence electrons. The Kier molecular flexibility index (Phi) is 10.3. The molecule has 0 fully saturated rings. The first-order chi connectivity index (χ1) is 12.0. The SMILES string of the molecule is CC.CCN(CC(C)(C)CCCCN)Sc1ccc2c(c1)OCCO2. The lowest BCUT2D eigenvalue weighted by atomic mass is 9.87. The highest BCUT2D eigenvalue weighted by molar-refractivity contribution is 7.97. The van der Waals surface area contributed by atoms with Gasteiger partial charge >= 0.3 is 0 Å². The largest absolute Gasteiger partial charge is 0.486 e. The molecular formula is C20H36N2O2S. The zero-order valence-electron chi connectivity index (χ0n) is 16.6. The maximum Gasteiger partial charge on any atom is 0.162 e. The smallest absolute Gasteiger partial charge is 0.162 e. The summed E-state index contributed by atoms with van der Waals surface area (Å²) >= 11 is 1.80. The zero-order valence-corrected chi connectivity index (χ0v) is 17.5. The molecule has 0 aliphatic carbocycles. The van der Waals surface area contributed by atoms with Gasteiger partial charge in [0.25, 0.3) is 0 Å². The second kappa shape index (κ2) is 11.7. The second-order valence-corrected chi connectivity index (χ2v) is 7.93. The van der Waals surface area contributed by atoms with Gasteiger partial charge in [0.05, 0.1) is 0 Å². The van der Waals surface area contributed by atoms with Gasteiger partial charge in [-0.25, -0.2) is 4.31 Å².